The second-order valence-corrected chi connectivity index (χ2v) is 13.8. The molecule has 0 radical (unpaired) electrons. The lowest BCUT2D eigenvalue weighted by Gasteiger charge is -2.29. The fourth-order valence-corrected chi connectivity index (χ4v) is 8.04. The van der Waals surface area contributed by atoms with Crippen molar-refractivity contribution in [3.05, 3.63) is 124 Å². The van der Waals surface area contributed by atoms with Crippen molar-refractivity contribution in [1.82, 2.24) is 0 Å². The summed E-state index contributed by atoms with van der Waals surface area (Å²) in [6.07, 6.45) is 2.57. The molecule has 4 N–H and O–H groups in total. The van der Waals surface area contributed by atoms with Gasteiger partial charge < -0.3 is 44.9 Å². The Morgan fingerprint density at radius 3 is 2.21 bits per heavy atom. The van der Waals surface area contributed by atoms with Crippen LogP contribution in [0.2, 0.25) is 0 Å². The van der Waals surface area contributed by atoms with Crippen LogP contribution < -0.4 is 39.8 Å². The van der Waals surface area contributed by atoms with Gasteiger partial charge >= 0.3 is 0 Å². The second-order valence-electron chi connectivity index (χ2n) is 13.8. The number of carbonyl (C=O) groups is 1. The van der Waals surface area contributed by atoms with Crippen molar-refractivity contribution in [2.45, 2.75) is 44.4 Å². The molecule has 11 nitrogen and oxygen atoms in total. The van der Waals surface area contributed by atoms with E-state index in [9.17, 15) is 9.90 Å². The number of nitrogen functional groups attached to an aromatic ring is 1. The van der Waals surface area contributed by atoms with Crippen LogP contribution in [0.15, 0.2) is 96.0 Å². The molecule has 268 valence electrons. The standard InChI is InChI=1S/C42H39N5O6/c1-50-37-16-31-33(44-20-29-14-26-7-3-5-9-35(26)46(29)41(31)48)18-39(37)52-22-24-11-25(13-28(43)12-24)23-53-40-19-34-32(17-38(40)51-2)42(49)47-30(21-45-34)15-27-8-4-6-10-36(27)47/h3-13,16-20,29-30,41,45,48H,14-15,21-23,43H2,1-2H3/t29-,30-,41?/m0/s1. The minimum Gasteiger partial charge on any atom is -0.493 e. The largest absolute Gasteiger partial charge is 0.493 e. The van der Waals surface area contributed by atoms with E-state index >= 15 is 0 Å². The fraction of sp³-hybridized carbons (Fsp3) is 0.238. The van der Waals surface area contributed by atoms with Gasteiger partial charge in [-0.1, -0.05) is 36.4 Å². The normalized spacial score (nSPS) is 19.1. The molecule has 0 aromatic heterocycles. The molecule has 4 aliphatic rings. The summed E-state index contributed by atoms with van der Waals surface area (Å²) < 4.78 is 24.0. The van der Waals surface area contributed by atoms with Crippen LogP contribution >= 0.6 is 0 Å². The number of fused-ring (bicyclic) bond motifs is 8. The molecule has 0 bridgehead atoms. The molecule has 11 heteroatoms. The number of benzene rings is 5. The van der Waals surface area contributed by atoms with E-state index in [-0.39, 0.29) is 31.2 Å². The summed E-state index contributed by atoms with van der Waals surface area (Å²) in [4.78, 5) is 22.5. The first-order valence-corrected chi connectivity index (χ1v) is 17.7. The smallest absolute Gasteiger partial charge is 0.260 e. The number of nitrogens with two attached hydrogens (primary N) is 1. The van der Waals surface area contributed by atoms with E-state index in [2.05, 4.69) is 17.4 Å². The van der Waals surface area contributed by atoms with Crippen molar-refractivity contribution in [2.75, 3.05) is 41.6 Å². The van der Waals surface area contributed by atoms with Gasteiger partial charge in [-0.05, 0) is 71.1 Å². The third-order valence-electron chi connectivity index (χ3n) is 10.5. The molecule has 53 heavy (non-hydrogen) atoms. The van der Waals surface area contributed by atoms with E-state index in [0.29, 0.717) is 57.7 Å². The average molecular weight is 710 g/mol. The Morgan fingerprint density at radius 1 is 0.811 bits per heavy atom. The first-order valence-electron chi connectivity index (χ1n) is 17.7. The van der Waals surface area contributed by atoms with Gasteiger partial charge in [0, 0.05) is 53.9 Å². The monoisotopic (exact) mass is 709 g/mol. The molecule has 0 saturated carbocycles. The van der Waals surface area contributed by atoms with Gasteiger partial charge in [0.05, 0.1) is 43.2 Å². The molecule has 5 aromatic carbocycles. The molecule has 0 aliphatic carbocycles. The van der Waals surface area contributed by atoms with Crippen molar-refractivity contribution in [3.8, 4) is 23.0 Å². The highest BCUT2D eigenvalue weighted by Crippen LogP contribution is 2.45. The summed E-state index contributed by atoms with van der Waals surface area (Å²) in [6, 6.07) is 29.0. The van der Waals surface area contributed by atoms with E-state index in [0.717, 1.165) is 35.3 Å². The number of methoxy groups -OCH3 is 2. The summed E-state index contributed by atoms with van der Waals surface area (Å²) in [7, 11) is 3.15. The minimum atomic E-state index is -0.898. The zero-order valence-electron chi connectivity index (χ0n) is 29.4. The fourth-order valence-electron chi connectivity index (χ4n) is 8.04. The third-order valence-corrected chi connectivity index (χ3v) is 10.5. The quantitative estimate of drug-likeness (QED) is 0.153. The first kappa shape index (κ1) is 32.7. The van der Waals surface area contributed by atoms with Crippen LogP contribution in [0.1, 0.15) is 44.4 Å². The lowest BCUT2D eigenvalue weighted by atomic mass is 10.1. The molecule has 1 unspecified atom stereocenters. The van der Waals surface area contributed by atoms with Crippen LogP contribution in [-0.2, 0) is 26.1 Å². The number of nitrogens with one attached hydrogen (secondary N) is 1. The van der Waals surface area contributed by atoms with Gasteiger partial charge in [-0.2, -0.15) is 0 Å². The predicted octanol–water partition coefficient (Wildman–Crippen LogP) is 6.58. The highest BCUT2D eigenvalue weighted by atomic mass is 16.5. The lowest BCUT2D eigenvalue weighted by molar-refractivity contribution is 0.0983. The molecule has 4 aliphatic heterocycles. The molecular formula is C42H39N5O6. The van der Waals surface area contributed by atoms with Crippen molar-refractivity contribution >= 4 is 40.6 Å². The Morgan fingerprint density at radius 2 is 1.47 bits per heavy atom. The second kappa shape index (κ2) is 13.1. The molecule has 1 amide bonds. The number of aliphatic hydroxyl groups excluding tert-OH is 1. The zero-order chi connectivity index (χ0) is 36.2. The number of anilines is 4. The number of aliphatic imine (C=N–C) groups is 1. The highest BCUT2D eigenvalue weighted by Gasteiger charge is 2.38. The van der Waals surface area contributed by atoms with Crippen molar-refractivity contribution in [1.29, 1.82) is 0 Å². The molecular weight excluding hydrogens is 670 g/mol. The summed E-state index contributed by atoms with van der Waals surface area (Å²) >= 11 is 0. The zero-order valence-corrected chi connectivity index (χ0v) is 29.4. The number of hydrogen-bond acceptors (Lipinski definition) is 10. The molecule has 0 spiro atoms. The Kier molecular flexibility index (Phi) is 8.07. The van der Waals surface area contributed by atoms with Gasteiger partial charge in [0.15, 0.2) is 29.2 Å². The van der Waals surface area contributed by atoms with Crippen LogP contribution in [0.5, 0.6) is 23.0 Å². The van der Waals surface area contributed by atoms with Crippen LogP contribution in [0.25, 0.3) is 0 Å². The van der Waals surface area contributed by atoms with Crippen LogP contribution in [0.4, 0.5) is 28.4 Å². The maximum absolute atomic E-state index is 13.8. The van der Waals surface area contributed by atoms with Crippen molar-refractivity contribution < 1.29 is 28.8 Å². The molecule has 0 fully saturated rings. The molecule has 4 heterocycles. The molecule has 3 atom stereocenters. The summed E-state index contributed by atoms with van der Waals surface area (Å²) in [5.74, 6) is 1.90. The van der Waals surface area contributed by atoms with Gasteiger partial charge in [0.25, 0.3) is 5.91 Å². The van der Waals surface area contributed by atoms with Crippen LogP contribution in [0, 0.1) is 0 Å². The van der Waals surface area contributed by atoms with E-state index in [4.69, 9.17) is 29.7 Å². The Hall–Kier alpha value is -6.20. The van der Waals surface area contributed by atoms with Crippen LogP contribution in [-0.4, -0.2) is 50.1 Å². The first-order chi connectivity index (χ1) is 25.9. The number of carbonyl (C=O) groups excluding carboxylic acids is 1. The molecule has 0 saturated heterocycles. The summed E-state index contributed by atoms with van der Waals surface area (Å²) in [5, 5.41) is 15.0. The van der Waals surface area contributed by atoms with E-state index in [1.54, 1.807) is 26.4 Å². The highest BCUT2D eigenvalue weighted by molar-refractivity contribution is 6.12. The predicted molar refractivity (Wildman–Crippen MR) is 204 cm³/mol. The Bertz CT molecular complexity index is 2290. The number of nitrogens with zero attached hydrogens (tertiary/aromatic N) is 3. The van der Waals surface area contributed by atoms with Crippen molar-refractivity contribution in [3.63, 3.8) is 0 Å². The van der Waals surface area contributed by atoms with E-state index in [1.165, 1.54) is 11.1 Å². The third kappa shape index (κ3) is 5.73. The Balaban J connectivity index is 0.918. The number of amides is 1. The SMILES string of the molecule is COc1cc2c(cc1OCc1cc(N)cc(COc3cc4c(cc3OC)C(=O)N3c5ccccc5C[C@H]3CN4)c1)N=C[C@@H]1Cc3ccccc3N1C2O. The summed E-state index contributed by atoms with van der Waals surface area (Å²) in [5.41, 5.74) is 15.4. The van der Waals surface area contributed by atoms with Gasteiger partial charge in [-0.25, -0.2) is 0 Å². The van der Waals surface area contributed by atoms with Crippen molar-refractivity contribution in [2.24, 2.45) is 4.99 Å². The average Bonchev–Trinajstić information content (AvgIpc) is 3.67. The van der Waals surface area contributed by atoms with Gasteiger partial charge in [-0.3, -0.25) is 9.79 Å². The minimum absolute atomic E-state index is 0.0246. The van der Waals surface area contributed by atoms with E-state index < -0.39 is 6.23 Å². The van der Waals surface area contributed by atoms with Crippen LogP contribution in [0.3, 0.4) is 0 Å². The number of ether oxygens (including phenoxy) is 4. The Labute approximate surface area is 307 Å². The molecule has 9 rings (SSSR count). The summed E-state index contributed by atoms with van der Waals surface area (Å²) in [6.45, 7) is 1.03. The number of hydrogen-bond donors (Lipinski definition) is 3. The van der Waals surface area contributed by atoms with E-state index in [1.807, 2.05) is 82.7 Å². The van der Waals surface area contributed by atoms with Gasteiger partial charge in [0.2, 0.25) is 0 Å². The number of aliphatic hydroxyl groups is 1. The topological polar surface area (TPSA) is 131 Å². The maximum Gasteiger partial charge on any atom is 0.260 e. The van der Waals surface area contributed by atoms with Gasteiger partial charge in [0.1, 0.15) is 13.2 Å². The van der Waals surface area contributed by atoms with Gasteiger partial charge in [-0.15, -0.1) is 0 Å². The number of para-hydroxylation sites is 2. The molecule has 5 aromatic rings. The lowest BCUT2D eigenvalue weighted by Crippen LogP contribution is -2.39. The number of rotatable bonds is 8. The maximum atomic E-state index is 13.8.